The molecule has 1 N–H and O–H groups in total. The van der Waals surface area contributed by atoms with Crippen LogP contribution in [-0.2, 0) is 11.3 Å². The molecule has 0 fully saturated rings. The van der Waals surface area contributed by atoms with Gasteiger partial charge in [0.05, 0.1) is 17.7 Å². The summed E-state index contributed by atoms with van der Waals surface area (Å²) in [5.74, 6) is -0.0327. The summed E-state index contributed by atoms with van der Waals surface area (Å²) in [6.07, 6.45) is 1.76. The van der Waals surface area contributed by atoms with Crippen molar-refractivity contribution in [2.75, 3.05) is 18.9 Å². The van der Waals surface area contributed by atoms with Crippen LogP contribution in [0, 0.1) is 0 Å². The monoisotopic (exact) mass is 355 g/mol. The topological polar surface area (TPSA) is 45.2 Å². The van der Waals surface area contributed by atoms with Crippen LogP contribution in [-0.4, -0.2) is 29.4 Å². The number of hydrogen-bond acceptors (Lipinski definition) is 3. The van der Waals surface area contributed by atoms with Crippen molar-refractivity contribution >= 4 is 33.3 Å². The van der Waals surface area contributed by atoms with Crippen molar-refractivity contribution < 1.29 is 4.79 Å². The van der Waals surface area contributed by atoms with Crippen molar-refractivity contribution in [1.29, 1.82) is 0 Å². The number of carbonyl (C=O) groups is 1. The molecule has 1 heterocycles. The lowest BCUT2D eigenvalue weighted by Crippen LogP contribution is -2.29. The molecule has 4 nitrogen and oxygen atoms in total. The predicted octanol–water partition coefficient (Wildman–Crippen LogP) is 4.46. The van der Waals surface area contributed by atoms with E-state index in [9.17, 15) is 4.79 Å². The second-order valence-corrected chi connectivity index (χ2v) is 6.78. The zero-order chi connectivity index (χ0) is 18.6. The lowest BCUT2D eigenvalue weighted by atomic mass is 10.1. The minimum absolute atomic E-state index is 0.0327. The third kappa shape index (κ3) is 3.96. The van der Waals surface area contributed by atoms with Gasteiger partial charge in [0, 0.05) is 18.1 Å². The van der Waals surface area contributed by atoms with Crippen molar-refractivity contribution in [3.05, 3.63) is 84.6 Å². The molecule has 1 amide bonds. The van der Waals surface area contributed by atoms with Crippen molar-refractivity contribution in [1.82, 2.24) is 9.88 Å². The number of pyridine rings is 1. The number of hydrogen-bond donors (Lipinski definition) is 1. The number of anilines is 1. The van der Waals surface area contributed by atoms with Crippen molar-refractivity contribution in [2.45, 2.75) is 6.54 Å². The van der Waals surface area contributed by atoms with E-state index in [1.807, 2.05) is 54.4 Å². The van der Waals surface area contributed by atoms with Gasteiger partial charge in [-0.15, -0.1) is 0 Å². The summed E-state index contributed by atoms with van der Waals surface area (Å²) in [6, 6.07) is 24.3. The number of likely N-dealkylation sites (N-methyl/N-ethyl adjacent to an activating group) is 1. The van der Waals surface area contributed by atoms with Crippen LogP contribution in [0.2, 0.25) is 0 Å². The van der Waals surface area contributed by atoms with E-state index in [0.717, 1.165) is 23.1 Å². The average molecular weight is 355 g/mol. The number of rotatable bonds is 5. The molecule has 0 aliphatic heterocycles. The molecule has 0 atom stereocenters. The third-order valence-corrected chi connectivity index (χ3v) is 4.60. The van der Waals surface area contributed by atoms with Gasteiger partial charge in [-0.1, -0.05) is 42.5 Å². The molecule has 0 unspecified atom stereocenters. The van der Waals surface area contributed by atoms with Crippen LogP contribution in [0.25, 0.3) is 21.7 Å². The van der Waals surface area contributed by atoms with Crippen LogP contribution < -0.4 is 5.32 Å². The van der Waals surface area contributed by atoms with Crippen molar-refractivity contribution in [3.63, 3.8) is 0 Å². The van der Waals surface area contributed by atoms with Gasteiger partial charge in [-0.05, 0) is 53.7 Å². The average Bonchev–Trinajstić information content (AvgIpc) is 2.68. The number of nitrogens with one attached hydrogen (secondary N) is 1. The summed E-state index contributed by atoms with van der Waals surface area (Å²) in [5, 5.41) is 6.41. The zero-order valence-electron chi connectivity index (χ0n) is 15.2. The van der Waals surface area contributed by atoms with Crippen molar-refractivity contribution in [3.8, 4) is 0 Å². The van der Waals surface area contributed by atoms with Gasteiger partial charge in [-0.2, -0.15) is 0 Å². The maximum atomic E-state index is 12.5. The highest BCUT2D eigenvalue weighted by Gasteiger charge is 2.10. The first-order valence-corrected chi connectivity index (χ1v) is 8.99. The molecule has 0 spiro atoms. The number of benzene rings is 3. The standard InChI is InChI=1S/C23H21N3O/c1-26(15-17-11-12-18-6-2-3-7-19(18)14-17)16-23(27)25-22-10-4-9-21-20(22)8-5-13-24-21/h2-14H,15-16H2,1H3,(H,25,27). The summed E-state index contributed by atoms with van der Waals surface area (Å²) < 4.78 is 0. The smallest absolute Gasteiger partial charge is 0.238 e. The fraction of sp³-hybridized carbons (Fsp3) is 0.130. The molecule has 0 saturated heterocycles. The molecular weight excluding hydrogens is 334 g/mol. The molecule has 134 valence electrons. The Morgan fingerprint density at radius 3 is 2.70 bits per heavy atom. The molecule has 0 bridgehead atoms. The van der Waals surface area contributed by atoms with E-state index in [0.29, 0.717) is 6.54 Å². The van der Waals surface area contributed by atoms with E-state index in [-0.39, 0.29) is 5.91 Å². The van der Waals surface area contributed by atoms with Gasteiger partial charge in [0.1, 0.15) is 0 Å². The number of amides is 1. The Hall–Kier alpha value is -3.24. The fourth-order valence-corrected chi connectivity index (χ4v) is 3.35. The Balaban J connectivity index is 1.42. The van der Waals surface area contributed by atoms with Crippen LogP contribution in [0.15, 0.2) is 79.0 Å². The summed E-state index contributed by atoms with van der Waals surface area (Å²) in [7, 11) is 1.96. The highest BCUT2D eigenvalue weighted by molar-refractivity contribution is 6.01. The summed E-state index contributed by atoms with van der Waals surface area (Å²) >= 11 is 0. The lowest BCUT2D eigenvalue weighted by molar-refractivity contribution is -0.117. The van der Waals surface area contributed by atoms with Crippen LogP contribution in [0.3, 0.4) is 0 Å². The second-order valence-electron chi connectivity index (χ2n) is 6.78. The fourth-order valence-electron chi connectivity index (χ4n) is 3.35. The van der Waals surface area contributed by atoms with Crippen LogP contribution in [0.5, 0.6) is 0 Å². The maximum absolute atomic E-state index is 12.5. The lowest BCUT2D eigenvalue weighted by Gasteiger charge is -2.17. The first-order valence-electron chi connectivity index (χ1n) is 8.99. The van der Waals surface area contributed by atoms with Gasteiger partial charge in [-0.25, -0.2) is 0 Å². The van der Waals surface area contributed by atoms with E-state index in [4.69, 9.17) is 0 Å². The van der Waals surface area contributed by atoms with E-state index >= 15 is 0 Å². The molecule has 3 aromatic carbocycles. The molecule has 0 aliphatic rings. The molecule has 4 aromatic rings. The van der Waals surface area contributed by atoms with Crippen molar-refractivity contribution in [2.24, 2.45) is 0 Å². The Morgan fingerprint density at radius 2 is 1.81 bits per heavy atom. The Kier molecular flexibility index (Phi) is 4.81. The van der Waals surface area contributed by atoms with Gasteiger partial charge in [0.2, 0.25) is 5.91 Å². The Morgan fingerprint density at radius 1 is 0.963 bits per heavy atom. The van der Waals surface area contributed by atoms with Crippen LogP contribution in [0.4, 0.5) is 5.69 Å². The second kappa shape index (κ2) is 7.56. The minimum atomic E-state index is -0.0327. The predicted molar refractivity (Wildman–Crippen MR) is 111 cm³/mol. The molecule has 4 rings (SSSR count). The SMILES string of the molecule is CN(CC(=O)Nc1cccc2ncccc12)Cc1ccc2ccccc2c1. The third-order valence-electron chi connectivity index (χ3n) is 4.60. The highest BCUT2D eigenvalue weighted by atomic mass is 16.2. The van der Waals surface area contributed by atoms with Gasteiger partial charge >= 0.3 is 0 Å². The van der Waals surface area contributed by atoms with E-state index in [2.05, 4.69) is 40.6 Å². The zero-order valence-corrected chi connectivity index (χ0v) is 15.2. The van der Waals surface area contributed by atoms with E-state index in [1.165, 1.54) is 16.3 Å². The highest BCUT2D eigenvalue weighted by Crippen LogP contribution is 2.21. The first kappa shape index (κ1) is 17.2. The normalized spacial score (nSPS) is 11.2. The quantitative estimate of drug-likeness (QED) is 0.575. The number of nitrogens with zero attached hydrogens (tertiary/aromatic N) is 2. The summed E-state index contributed by atoms with van der Waals surface area (Å²) in [5.41, 5.74) is 2.86. The molecule has 0 aliphatic carbocycles. The van der Waals surface area contributed by atoms with E-state index < -0.39 is 0 Å². The Bertz CT molecular complexity index is 1100. The van der Waals surface area contributed by atoms with Gasteiger partial charge in [0.25, 0.3) is 0 Å². The molecule has 0 radical (unpaired) electrons. The van der Waals surface area contributed by atoms with Gasteiger partial charge in [-0.3, -0.25) is 14.7 Å². The maximum Gasteiger partial charge on any atom is 0.238 e. The van der Waals surface area contributed by atoms with Crippen LogP contribution >= 0.6 is 0 Å². The van der Waals surface area contributed by atoms with Crippen LogP contribution in [0.1, 0.15) is 5.56 Å². The first-order chi connectivity index (χ1) is 13.2. The molecular formula is C23H21N3O. The number of fused-ring (bicyclic) bond motifs is 2. The summed E-state index contributed by atoms with van der Waals surface area (Å²) in [4.78, 5) is 18.8. The molecule has 4 heteroatoms. The van der Waals surface area contributed by atoms with E-state index in [1.54, 1.807) is 6.20 Å². The molecule has 27 heavy (non-hydrogen) atoms. The number of carbonyl (C=O) groups excluding carboxylic acids is 1. The molecule has 0 saturated carbocycles. The molecule has 1 aromatic heterocycles. The number of aromatic nitrogens is 1. The Labute approximate surface area is 158 Å². The largest absolute Gasteiger partial charge is 0.324 e. The van der Waals surface area contributed by atoms with Gasteiger partial charge < -0.3 is 5.32 Å². The van der Waals surface area contributed by atoms with Gasteiger partial charge in [0.15, 0.2) is 0 Å². The summed E-state index contributed by atoms with van der Waals surface area (Å²) in [6.45, 7) is 1.04. The minimum Gasteiger partial charge on any atom is -0.324 e.